The van der Waals surface area contributed by atoms with Crippen molar-refractivity contribution in [3.05, 3.63) is 35.9 Å². The smallest absolute Gasteiger partial charge is 0.0943 e. The van der Waals surface area contributed by atoms with Crippen molar-refractivity contribution in [3.63, 3.8) is 0 Å². The molecule has 2 N–H and O–H groups in total. The number of hydrogen-bond acceptors (Lipinski definition) is 3. The van der Waals surface area contributed by atoms with Crippen LogP contribution in [0.2, 0.25) is 0 Å². The van der Waals surface area contributed by atoms with E-state index in [1.807, 2.05) is 30.3 Å². The van der Waals surface area contributed by atoms with Crippen molar-refractivity contribution in [3.8, 4) is 0 Å². The van der Waals surface area contributed by atoms with E-state index in [0.717, 1.165) is 31.4 Å². The standard InChI is InChI=1S/C18H27NO2/c1-2-7-16(17(20)14-8-4-3-5-9-14)19-15-12-18(21-13-15)10-6-11-18/h3-5,8-9,15-17,19-20H,2,6-7,10-13H2,1H3. The Morgan fingerprint density at radius 3 is 2.67 bits per heavy atom. The molecule has 1 saturated heterocycles. The maximum Gasteiger partial charge on any atom is 0.0943 e. The first-order valence-corrected chi connectivity index (χ1v) is 8.35. The molecule has 3 rings (SSSR count). The lowest BCUT2D eigenvalue weighted by atomic mass is 9.77. The largest absolute Gasteiger partial charge is 0.387 e. The van der Waals surface area contributed by atoms with Crippen molar-refractivity contribution < 1.29 is 9.84 Å². The van der Waals surface area contributed by atoms with Gasteiger partial charge in [0.2, 0.25) is 0 Å². The second kappa shape index (κ2) is 6.47. The van der Waals surface area contributed by atoms with Crippen LogP contribution in [0.3, 0.4) is 0 Å². The van der Waals surface area contributed by atoms with Gasteiger partial charge in [-0.3, -0.25) is 0 Å². The van der Waals surface area contributed by atoms with E-state index in [1.165, 1.54) is 19.3 Å². The molecule has 116 valence electrons. The van der Waals surface area contributed by atoms with Crippen LogP contribution in [0.15, 0.2) is 30.3 Å². The fourth-order valence-corrected chi connectivity index (χ4v) is 3.70. The van der Waals surface area contributed by atoms with Crippen LogP contribution in [0.4, 0.5) is 0 Å². The zero-order chi connectivity index (χ0) is 14.7. The summed E-state index contributed by atoms with van der Waals surface area (Å²) in [7, 11) is 0. The van der Waals surface area contributed by atoms with Gasteiger partial charge in [0.05, 0.1) is 18.3 Å². The van der Waals surface area contributed by atoms with E-state index in [9.17, 15) is 5.11 Å². The molecule has 1 aromatic carbocycles. The van der Waals surface area contributed by atoms with Gasteiger partial charge in [0.25, 0.3) is 0 Å². The summed E-state index contributed by atoms with van der Waals surface area (Å²) in [5, 5.41) is 14.3. The van der Waals surface area contributed by atoms with Crippen molar-refractivity contribution in [2.75, 3.05) is 6.61 Å². The van der Waals surface area contributed by atoms with Crippen LogP contribution in [0.25, 0.3) is 0 Å². The van der Waals surface area contributed by atoms with Gasteiger partial charge in [0.1, 0.15) is 0 Å². The second-order valence-electron chi connectivity index (χ2n) is 6.67. The molecular formula is C18H27NO2. The molecule has 1 spiro atoms. The van der Waals surface area contributed by atoms with E-state index in [0.29, 0.717) is 6.04 Å². The molecule has 2 aliphatic rings. The lowest BCUT2D eigenvalue weighted by Gasteiger charge is -2.37. The minimum Gasteiger partial charge on any atom is -0.387 e. The van der Waals surface area contributed by atoms with Crippen LogP contribution < -0.4 is 5.32 Å². The van der Waals surface area contributed by atoms with Gasteiger partial charge in [-0.2, -0.15) is 0 Å². The molecule has 3 atom stereocenters. The van der Waals surface area contributed by atoms with Gasteiger partial charge in [-0.15, -0.1) is 0 Å². The zero-order valence-corrected chi connectivity index (χ0v) is 12.9. The number of benzene rings is 1. The normalized spacial score (nSPS) is 26.5. The Bertz CT molecular complexity index is 444. The maximum atomic E-state index is 10.7. The van der Waals surface area contributed by atoms with Crippen LogP contribution in [0.1, 0.15) is 57.1 Å². The fourth-order valence-electron chi connectivity index (χ4n) is 3.70. The van der Waals surface area contributed by atoms with Crippen molar-refractivity contribution in [2.45, 2.75) is 69.2 Å². The van der Waals surface area contributed by atoms with Gasteiger partial charge in [-0.05, 0) is 37.7 Å². The molecule has 3 nitrogen and oxygen atoms in total. The average molecular weight is 289 g/mol. The molecule has 0 aromatic heterocycles. The molecule has 0 bridgehead atoms. The molecule has 3 heteroatoms. The van der Waals surface area contributed by atoms with E-state index in [2.05, 4.69) is 12.2 Å². The summed E-state index contributed by atoms with van der Waals surface area (Å²) in [6, 6.07) is 10.5. The topological polar surface area (TPSA) is 41.5 Å². The summed E-state index contributed by atoms with van der Waals surface area (Å²) in [6.45, 7) is 2.96. The van der Waals surface area contributed by atoms with Gasteiger partial charge in [0.15, 0.2) is 0 Å². The molecule has 1 aromatic rings. The summed E-state index contributed by atoms with van der Waals surface area (Å²) >= 11 is 0. The Labute approximate surface area is 127 Å². The summed E-state index contributed by atoms with van der Waals surface area (Å²) in [6.07, 6.45) is 6.45. The highest BCUT2D eigenvalue weighted by molar-refractivity contribution is 5.19. The Morgan fingerprint density at radius 2 is 2.10 bits per heavy atom. The predicted octanol–water partition coefficient (Wildman–Crippen LogP) is 3.19. The molecular weight excluding hydrogens is 262 g/mol. The highest BCUT2D eigenvalue weighted by Gasteiger charge is 2.45. The van der Waals surface area contributed by atoms with Crippen molar-refractivity contribution in [2.24, 2.45) is 0 Å². The summed E-state index contributed by atoms with van der Waals surface area (Å²) in [4.78, 5) is 0. The van der Waals surface area contributed by atoms with Crippen LogP contribution >= 0.6 is 0 Å². The van der Waals surface area contributed by atoms with Gasteiger partial charge in [-0.1, -0.05) is 43.7 Å². The monoisotopic (exact) mass is 289 g/mol. The third-order valence-electron chi connectivity index (χ3n) is 5.05. The zero-order valence-electron chi connectivity index (χ0n) is 12.9. The van der Waals surface area contributed by atoms with Gasteiger partial charge >= 0.3 is 0 Å². The van der Waals surface area contributed by atoms with Crippen LogP contribution in [-0.4, -0.2) is 29.4 Å². The van der Waals surface area contributed by atoms with Gasteiger partial charge in [-0.25, -0.2) is 0 Å². The third kappa shape index (κ3) is 3.31. The number of ether oxygens (including phenoxy) is 1. The highest BCUT2D eigenvalue weighted by Crippen LogP contribution is 2.43. The SMILES string of the molecule is CCCC(NC1COC2(CCC2)C1)C(O)c1ccccc1. The van der Waals surface area contributed by atoms with E-state index in [-0.39, 0.29) is 11.6 Å². The first-order chi connectivity index (χ1) is 10.2. The minimum absolute atomic E-state index is 0.112. The molecule has 1 saturated carbocycles. The van der Waals surface area contributed by atoms with Crippen molar-refractivity contribution in [1.29, 1.82) is 0 Å². The molecule has 1 heterocycles. The molecule has 0 radical (unpaired) electrons. The lowest BCUT2D eigenvalue weighted by molar-refractivity contribution is -0.0563. The summed E-state index contributed by atoms with van der Waals surface area (Å²) in [5.41, 5.74) is 1.17. The number of aliphatic hydroxyl groups excluding tert-OH is 1. The molecule has 2 fully saturated rings. The Morgan fingerprint density at radius 1 is 1.33 bits per heavy atom. The van der Waals surface area contributed by atoms with Gasteiger partial charge in [0, 0.05) is 12.1 Å². The molecule has 1 aliphatic heterocycles. The van der Waals surface area contributed by atoms with E-state index < -0.39 is 6.10 Å². The summed E-state index contributed by atoms with van der Waals surface area (Å²) < 4.78 is 6.01. The van der Waals surface area contributed by atoms with Crippen molar-refractivity contribution in [1.82, 2.24) is 5.32 Å². The number of nitrogens with one attached hydrogen (secondary N) is 1. The number of rotatable bonds is 6. The van der Waals surface area contributed by atoms with Crippen LogP contribution in [-0.2, 0) is 4.74 Å². The molecule has 21 heavy (non-hydrogen) atoms. The Hall–Kier alpha value is -0.900. The molecule has 3 unspecified atom stereocenters. The highest BCUT2D eigenvalue weighted by atomic mass is 16.5. The predicted molar refractivity (Wildman–Crippen MR) is 84.2 cm³/mol. The first-order valence-electron chi connectivity index (χ1n) is 8.35. The van der Waals surface area contributed by atoms with E-state index >= 15 is 0 Å². The minimum atomic E-state index is -0.441. The number of hydrogen-bond donors (Lipinski definition) is 2. The molecule has 0 amide bonds. The first kappa shape index (κ1) is 15.0. The summed E-state index contributed by atoms with van der Waals surface area (Å²) in [5.74, 6) is 0. The Kier molecular flexibility index (Phi) is 4.63. The third-order valence-corrected chi connectivity index (χ3v) is 5.05. The van der Waals surface area contributed by atoms with Crippen molar-refractivity contribution >= 4 is 0 Å². The lowest BCUT2D eigenvalue weighted by Crippen LogP contribution is -2.44. The van der Waals surface area contributed by atoms with E-state index in [4.69, 9.17) is 4.74 Å². The fraction of sp³-hybridized carbons (Fsp3) is 0.667. The maximum absolute atomic E-state index is 10.7. The van der Waals surface area contributed by atoms with E-state index in [1.54, 1.807) is 0 Å². The Balaban J connectivity index is 1.62. The quantitative estimate of drug-likeness (QED) is 0.845. The number of aliphatic hydroxyl groups is 1. The van der Waals surface area contributed by atoms with Gasteiger partial charge < -0.3 is 15.2 Å². The van der Waals surface area contributed by atoms with Crippen LogP contribution in [0, 0.1) is 0 Å². The average Bonchev–Trinajstić information content (AvgIpc) is 2.91. The van der Waals surface area contributed by atoms with Crippen LogP contribution in [0.5, 0.6) is 0 Å². The molecule has 1 aliphatic carbocycles. The second-order valence-corrected chi connectivity index (χ2v) is 6.67.